The smallest absolute Gasteiger partial charge is 0.0318 e. The first-order chi connectivity index (χ1) is 9.29. The van der Waals surface area contributed by atoms with Gasteiger partial charge in [-0.15, -0.1) is 0 Å². The Morgan fingerprint density at radius 2 is 2.05 bits per heavy atom. The Morgan fingerprint density at radius 3 is 2.84 bits per heavy atom. The Labute approximate surface area is 125 Å². The van der Waals surface area contributed by atoms with Crippen molar-refractivity contribution in [1.29, 1.82) is 0 Å². The number of hydrogen-bond acceptors (Lipinski definition) is 3. The molecule has 1 aromatic rings. The molecule has 0 bridgehead atoms. The first-order valence-electron chi connectivity index (χ1n) is 7.36. The fourth-order valence-electron chi connectivity index (χ4n) is 3.37. The van der Waals surface area contributed by atoms with Crippen LogP contribution in [0.25, 0.3) is 0 Å². The fraction of sp³-hybridized carbons (Fsp3) is 0.625. The van der Waals surface area contributed by atoms with Crippen molar-refractivity contribution >= 4 is 23.5 Å². The number of thioether (sulfide) groups is 2. The topological polar surface area (TPSA) is 26.0 Å². The van der Waals surface area contributed by atoms with Gasteiger partial charge in [-0.2, -0.15) is 23.5 Å². The third kappa shape index (κ3) is 2.84. The molecule has 104 valence electrons. The number of benzene rings is 1. The van der Waals surface area contributed by atoms with Crippen LogP contribution in [0.1, 0.15) is 36.8 Å². The Balaban J connectivity index is 1.61. The highest BCUT2D eigenvalue weighted by Crippen LogP contribution is 2.41. The number of rotatable bonds is 4. The molecule has 1 aromatic carbocycles. The van der Waals surface area contributed by atoms with E-state index in [2.05, 4.69) is 54.7 Å². The van der Waals surface area contributed by atoms with E-state index in [4.69, 9.17) is 5.73 Å². The molecule has 1 aliphatic heterocycles. The van der Waals surface area contributed by atoms with Crippen LogP contribution in [0.2, 0.25) is 0 Å². The van der Waals surface area contributed by atoms with Crippen molar-refractivity contribution in [1.82, 2.24) is 0 Å². The van der Waals surface area contributed by atoms with E-state index in [1.54, 1.807) is 5.56 Å². The highest BCUT2D eigenvalue weighted by molar-refractivity contribution is 8.07. The minimum Gasteiger partial charge on any atom is -0.327 e. The van der Waals surface area contributed by atoms with Gasteiger partial charge in [-0.25, -0.2) is 0 Å². The second-order valence-corrected chi connectivity index (χ2v) is 8.29. The van der Waals surface area contributed by atoms with Gasteiger partial charge in [0.1, 0.15) is 0 Å². The third-order valence-corrected chi connectivity index (χ3v) is 7.86. The molecule has 0 amide bonds. The van der Waals surface area contributed by atoms with Gasteiger partial charge in [-0.05, 0) is 36.3 Å². The van der Waals surface area contributed by atoms with Crippen molar-refractivity contribution in [3.63, 3.8) is 0 Å². The molecule has 19 heavy (non-hydrogen) atoms. The molecule has 1 fully saturated rings. The van der Waals surface area contributed by atoms with Gasteiger partial charge in [-0.1, -0.05) is 31.2 Å². The van der Waals surface area contributed by atoms with Gasteiger partial charge < -0.3 is 5.73 Å². The van der Waals surface area contributed by atoms with E-state index in [0.29, 0.717) is 11.3 Å². The SMILES string of the molecule is CCC1SCCSC1C(N)CC1Cc2ccccc21. The van der Waals surface area contributed by atoms with Gasteiger partial charge in [-0.3, -0.25) is 0 Å². The summed E-state index contributed by atoms with van der Waals surface area (Å²) in [5.41, 5.74) is 9.64. The summed E-state index contributed by atoms with van der Waals surface area (Å²) in [6.07, 6.45) is 3.67. The largest absolute Gasteiger partial charge is 0.327 e. The first-order valence-corrected chi connectivity index (χ1v) is 9.46. The number of fused-ring (bicyclic) bond motifs is 1. The number of hydrogen-bond donors (Lipinski definition) is 1. The average Bonchev–Trinajstić information content (AvgIpc) is 2.44. The Kier molecular flexibility index (Phi) is 4.45. The normalized spacial score (nSPS) is 31.4. The lowest BCUT2D eigenvalue weighted by Crippen LogP contribution is -2.43. The van der Waals surface area contributed by atoms with Gasteiger partial charge in [0.05, 0.1) is 0 Å². The summed E-state index contributed by atoms with van der Waals surface area (Å²) in [6, 6.07) is 9.22. The molecule has 3 heteroatoms. The zero-order valence-electron chi connectivity index (χ0n) is 11.5. The minimum atomic E-state index is 0.362. The lowest BCUT2D eigenvalue weighted by atomic mass is 9.74. The van der Waals surface area contributed by atoms with Crippen LogP contribution in [0.15, 0.2) is 24.3 Å². The van der Waals surface area contributed by atoms with E-state index in [0.717, 1.165) is 11.2 Å². The van der Waals surface area contributed by atoms with Crippen molar-refractivity contribution in [2.24, 2.45) is 5.73 Å². The van der Waals surface area contributed by atoms with Crippen LogP contribution in [0, 0.1) is 0 Å². The molecule has 2 N–H and O–H groups in total. The maximum Gasteiger partial charge on any atom is 0.0318 e. The molecule has 4 unspecified atom stereocenters. The van der Waals surface area contributed by atoms with Crippen LogP contribution < -0.4 is 5.73 Å². The molecule has 1 heterocycles. The molecule has 0 aromatic heterocycles. The zero-order valence-corrected chi connectivity index (χ0v) is 13.2. The lowest BCUT2D eigenvalue weighted by molar-refractivity contribution is 0.467. The second-order valence-electron chi connectivity index (χ2n) is 5.65. The first kappa shape index (κ1) is 13.8. The third-order valence-electron chi connectivity index (χ3n) is 4.43. The van der Waals surface area contributed by atoms with Crippen molar-refractivity contribution in [3.8, 4) is 0 Å². The molecule has 2 aliphatic rings. The summed E-state index contributed by atoms with van der Waals surface area (Å²) < 4.78 is 0. The van der Waals surface area contributed by atoms with Crippen LogP contribution in [0.3, 0.4) is 0 Å². The predicted octanol–water partition coefficient (Wildman–Crippen LogP) is 3.67. The highest BCUT2D eigenvalue weighted by atomic mass is 32.2. The molecule has 0 spiro atoms. The van der Waals surface area contributed by atoms with Crippen LogP contribution in [-0.4, -0.2) is 28.0 Å². The quantitative estimate of drug-likeness (QED) is 0.917. The summed E-state index contributed by atoms with van der Waals surface area (Å²) in [6.45, 7) is 2.31. The standard InChI is InChI=1S/C16H23NS2/c1-2-15-16(19-8-7-18-15)14(17)10-12-9-11-5-3-4-6-13(11)12/h3-6,12,14-16H,2,7-10,17H2,1H3. The summed E-state index contributed by atoms with van der Waals surface area (Å²) >= 11 is 4.25. The molecule has 0 radical (unpaired) electrons. The van der Waals surface area contributed by atoms with Gasteiger partial charge in [0, 0.05) is 28.0 Å². The van der Waals surface area contributed by atoms with Crippen LogP contribution in [-0.2, 0) is 6.42 Å². The average molecular weight is 294 g/mol. The molecule has 1 saturated heterocycles. The lowest BCUT2D eigenvalue weighted by Gasteiger charge is -2.38. The minimum absolute atomic E-state index is 0.362. The Hall–Kier alpha value is -0.120. The molecular formula is C16H23NS2. The Morgan fingerprint density at radius 1 is 1.26 bits per heavy atom. The van der Waals surface area contributed by atoms with Gasteiger partial charge in [0.2, 0.25) is 0 Å². The van der Waals surface area contributed by atoms with Crippen molar-refractivity contribution in [2.45, 2.75) is 48.6 Å². The fourth-order valence-corrected chi connectivity index (χ4v) is 6.58. The Bertz CT molecular complexity index is 435. The van der Waals surface area contributed by atoms with Crippen LogP contribution in [0.4, 0.5) is 0 Å². The summed E-state index contributed by atoms with van der Waals surface area (Å²) in [5.74, 6) is 3.30. The molecule has 4 atom stereocenters. The summed E-state index contributed by atoms with van der Waals surface area (Å²) in [7, 11) is 0. The van der Waals surface area contributed by atoms with E-state index < -0.39 is 0 Å². The molecule has 3 rings (SSSR count). The van der Waals surface area contributed by atoms with Crippen LogP contribution >= 0.6 is 23.5 Å². The van der Waals surface area contributed by atoms with Gasteiger partial charge in [0.25, 0.3) is 0 Å². The van der Waals surface area contributed by atoms with Gasteiger partial charge in [0.15, 0.2) is 0 Å². The molecule has 1 aliphatic carbocycles. The van der Waals surface area contributed by atoms with Crippen molar-refractivity contribution in [2.75, 3.05) is 11.5 Å². The molecule has 0 saturated carbocycles. The van der Waals surface area contributed by atoms with E-state index >= 15 is 0 Å². The van der Waals surface area contributed by atoms with Crippen molar-refractivity contribution < 1.29 is 0 Å². The second kappa shape index (κ2) is 6.11. The van der Waals surface area contributed by atoms with Crippen LogP contribution in [0.5, 0.6) is 0 Å². The van der Waals surface area contributed by atoms with E-state index in [-0.39, 0.29) is 0 Å². The monoisotopic (exact) mass is 293 g/mol. The maximum absolute atomic E-state index is 6.55. The molecular weight excluding hydrogens is 270 g/mol. The zero-order chi connectivity index (χ0) is 13.2. The molecule has 1 nitrogen and oxygen atoms in total. The van der Waals surface area contributed by atoms with Gasteiger partial charge >= 0.3 is 0 Å². The predicted molar refractivity (Wildman–Crippen MR) is 88.3 cm³/mol. The van der Waals surface area contributed by atoms with E-state index in [9.17, 15) is 0 Å². The highest BCUT2D eigenvalue weighted by Gasteiger charge is 2.34. The summed E-state index contributed by atoms with van der Waals surface area (Å²) in [5, 5.41) is 1.43. The van der Waals surface area contributed by atoms with Crippen molar-refractivity contribution in [3.05, 3.63) is 35.4 Å². The maximum atomic E-state index is 6.55. The van der Waals surface area contributed by atoms with E-state index in [1.165, 1.54) is 36.3 Å². The summed E-state index contributed by atoms with van der Waals surface area (Å²) in [4.78, 5) is 0. The van der Waals surface area contributed by atoms with E-state index in [1.807, 2.05) is 0 Å². The number of nitrogens with two attached hydrogens (primary N) is 1.